The van der Waals surface area contributed by atoms with Crippen LogP contribution in [0.15, 0.2) is 42.5 Å². The SMILES string of the molecule is Cc1ccc(CN(C)Cc2cccc(C(=N)N)c2F)cc1. The highest BCUT2D eigenvalue weighted by Crippen LogP contribution is 2.15. The van der Waals surface area contributed by atoms with E-state index in [2.05, 4.69) is 31.2 Å². The third kappa shape index (κ3) is 3.89. The highest BCUT2D eigenvalue weighted by Gasteiger charge is 2.11. The van der Waals surface area contributed by atoms with Crippen molar-refractivity contribution in [3.05, 3.63) is 70.5 Å². The molecule has 2 aromatic carbocycles. The first-order valence-electron chi connectivity index (χ1n) is 6.83. The number of benzene rings is 2. The number of nitrogens with two attached hydrogens (primary N) is 1. The third-order valence-corrected chi connectivity index (χ3v) is 3.38. The fraction of sp³-hybridized carbons (Fsp3) is 0.235. The minimum atomic E-state index is -0.402. The Hall–Kier alpha value is -2.20. The van der Waals surface area contributed by atoms with E-state index in [0.717, 1.165) is 6.54 Å². The van der Waals surface area contributed by atoms with Gasteiger partial charge in [0.2, 0.25) is 0 Å². The standard InChI is InChI=1S/C17H20FN3/c1-12-6-8-13(9-7-12)10-21(2)11-14-4-3-5-15(16(14)18)17(19)20/h3-9H,10-11H2,1-2H3,(H3,19,20). The molecule has 0 aliphatic carbocycles. The van der Waals surface area contributed by atoms with Gasteiger partial charge in [0.25, 0.3) is 0 Å². The third-order valence-electron chi connectivity index (χ3n) is 3.38. The summed E-state index contributed by atoms with van der Waals surface area (Å²) < 4.78 is 14.2. The van der Waals surface area contributed by atoms with E-state index in [-0.39, 0.29) is 11.4 Å². The summed E-state index contributed by atoms with van der Waals surface area (Å²) in [6, 6.07) is 13.3. The molecule has 0 radical (unpaired) electrons. The van der Waals surface area contributed by atoms with Crippen LogP contribution in [0.2, 0.25) is 0 Å². The van der Waals surface area contributed by atoms with Crippen molar-refractivity contribution in [3.8, 4) is 0 Å². The van der Waals surface area contributed by atoms with E-state index in [1.165, 1.54) is 17.2 Å². The molecule has 2 rings (SSSR count). The van der Waals surface area contributed by atoms with E-state index in [0.29, 0.717) is 12.1 Å². The quantitative estimate of drug-likeness (QED) is 0.655. The number of hydrogen-bond donors (Lipinski definition) is 2. The van der Waals surface area contributed by atoms with E-state index in [9.17, 15) is 4.39 Å². The van der Waals surface area contributed by atoms with Gasteiger partial charge in [-0.05, 0) is 25.6 Å². The molecule has 0 aliphatic rings. The van der Waals surface area contributed by atoms with E-state index in [4.69, 9.17) is 11.1 Å². The summed E-state index contributed by atoms with van der Waals surface area (Å²) in [6.07, 6.45) is 0. The topological polar surface area (TPSA) is 53.1 Å². The van der Waals surface area contributed by atoms with E-state index < -0.39 is 5.82 Å². The number of amidine groups is 1. The predicted molar refractivity (Wildman–Crippen MR) is 83.8 cm³/mol. The Morgan fingerprint density at radius 3 is 2.43 bits per heavy atom. The summed E-state index contributed by atoms with van der Waals surface area (Å²) in [5.41, 5.74) is 8.51. The zero-order chi connectivity index (χ0) is 15.4. The van der Waals surface area contributed by atoms with Gasteiger partial charge in [0.05, 0.1) is 5.56 Å². The summed E-state index contributed by atoms with van der Waals surface area (Å²) in [7, 11) is 1.94. The summed E-state index contributed by atoms with van der Waals surface area (Å²) in [4.78, 5) is 2.03. The molecule has 3 nitrogen and oxygen atoms in total. The first kappa shape index (κ1) is 15.2. The number of halogens is 1. The molecule has 0 heterocycles. The molecule has 0 bridgehead atoms. The summed E-state index contributed by atoms with van der Waals surface area (Å²) in [6.45, 7) is 3.26. The molecule has 21 heavy (non-hydrogen) atoms. The average Bonchev–Trinajstić information content (AvgIpc) is 2.43. The first-order valence-corrected chi connectivity index (χ1v) is 6.83. The molecule has 0 fully saturated rings. The van der Waals surface area contributed by atoms with Crippen molar-refractivity contribution < 1.29 is 4.39 Å². The van der Waals surface area contributed by atoms with Crippen LogP contribution in [0.25, 0.3) is 0 Å². The fourth-order valence-corrected chi connectivity index (χ4v) is 2.26. The van der Waals surface area contributed by atoms with E-state index in [1.54, 1.807) is 12.1 Å². The Balaban J connectivity index is 2.09. The van der Waals surface area contributed by atoms with Crippen molar-refractivity contribution in [1.29, 1.82) is 5.41 Å². The maximum absolute atomic E-state index is 14.2. The molecule has 0 saturated carbocycles. The second-order valence-electron chi connectivity index (χ2n) is 5.35. The number of aryl methyl sites for hydroxylation is 1. The first-order chi connectivity index (χ1) is 9.97. The molecule has 0 saturated heterocycles. The Morgan fingerprint density at radius 2 is 1.81 bits per heavy atom. The predicted octanol–water partition coefficient (Wildman–Crippen LogP) is 3.05. The molecule has 0 aromatic heterocycles. The van der Waals surface area contributed by atoms with Gasteiger partial charge in [-0.25, -0.2) is 4.39 Å². The van der Waals surface area contributed by atoms with Gasteiger partial charge < -0.3 is 5.73 Å². The highest BCUT2D eigenvalue weighted by atomic mass is 19.1. The minimum absolute atomic E-state index is 0.163. The molecular formula is C17H20FN3. The van der Waals surface area contributed by atoms with Crippen LogP contribution in [0.5, 0.6) is 0 Å². The molecule has 0 amide bonds. The van der Waals surface area contributed by atoms with Crippen LogP contribution < -0.4 is 5.73 Å². The van der Waals surface area contributed by atoms with Crippen molar-refractivity contribution in [2.24, 2.45) is 5.73 Å². The Kier molecular flexibility index (Phi) is 4.70. The van der Waals surface area contributed by atoms with Crippen LogP contribution in [0.1, 0.15) is 22.3 Å². The van der Waals surface area contributed by atoms with Crippen LogP contribution in [0.3, 0.4) is 0 Å². The number of nitrogens with zero attached hydrogens (tertiary/aromatic N) is 1. The van der Waals surface area contributed by atoms with Crippen molar-refractivity contribution in [2.75, 3.05) is 7.05 Å². The molecule has 0 atom stereocenters. The highest BCUT2D eigenvalue weighted by molar-refractivity contribution is 5.95. The van der Waals surface area contributed by atoms with Gasteiger partial charge in [-0.1, -0.05) is 42.0 Å². The lowest BCUT2D eigenvalue weighted by molar-refractivity contribution is 0.313. The average molecular weight is 285 g/mol. The van der Waals surface area contributed by atoms with Crippen LogP contribution >= 0.6 is 0 Å². The van der Waals surface area contributed by atoms with Crippen molar-refractivity contribution in [3.63, 3.8) is 0 Å². The minimum Gasteiger partial charge on any atom is -0.384 e. The van der Waals surface area contributed by atoms with Crippen molar-refractivity contribution in [1.82, 2.24) is 4.90 Å². The Morgan fingerprint density at radius 1 is 1.14 bits per heavy atom. The normalized spacial score (nSPS) is 10.9. The number of hydrogen-bond acceptors (Lipinski definition) is 2. The monoisotopic (exact) mass is 285 g/mol. The zero-order valence-corrected chi connectivity index (χ0v) is 12.4. The second-order valence-corrected chi connectivity index (χ2v) is 5.35. The zero-order valence-electron chi connectivity index (χ0n) is 12.4. The van der Waals surface area contributed by atoms with Gasteiger partial charge >= 0.3 is 0 Å². The smallest absolute Gasteiger partial charge is 0.138 e. The lowest BCUT2D eigenvalue weighted by Crippen LogP contribution is -2.20. The van der Waals surface area contributed by atoms with Gasteiger partial charge in [0.1, 0.15) is 11.7 Å². The maximum atomic E-state index is 14.2. The number of rotatable bonds is 5. The van der Waals surface area contributed by atoms with Gasteiger partial charge in [0, 0.05) is 18.7 Å². The van der Waals surface area contributed by atoms with Gasteiger partial charge in [0.15, 0.2) is 0 Å². The maximum Gasteiger partial charge on any atom is 0.138 e. The molecular weight excluding hydrogens is 265 g/mol. The Bertz CT molecular complexity index is 635. The van der Waals surface area contributed by atoms with Gasteiger partial charge in [-0.2, -0.15) is 0 Å². The molecule has 110 valence electrons. The molecule has 0 spiro atoms. The second kappa shape index (κ2) is 6.50. The van der Waals surface area contributed by atoms with Crippen molar-refractivity contribution in [2.45, 2.75) is 20.0 Å². The van der Waals surface area contributed by atoms with E-state index >= 15 is 0 Å². The Labute approximate surface area is 124 Å². The van der Waals surface area contributed by atoms with Crippen LogP contribution in [-0.4, -0.2) is 17.8 Å². The van der Waals surface area contributed by atoms with Gasteiger partial charge in [-0.3, -0.25) is 10.3 Å². The number of nitrogen functional groups attached to an aromatic ring is 1. The number of nitrogens with one attached hydrogen (secondary N) is 1. The summed E-state index contributed by atoms with van der Waals surface area (Å²) in [5.74, 6) is -0.642. The molecule has 3 N–H and O–H groups in total. The summed E-state index contributed by atoms with van der Waals surface area (Å²) >= 11 is 0. The fourth-order valence-electron chi connectivity index (χ4n) is 2.26. The van der Waals surface area contributed by atoms with Crippen molar-refractivity contribution >= 4 is 5.84 Å². The molecule has 0 aliphatic heterocycles. The van der Waals surface area contributed by atoms with Crippen LogP contribution in [0.4, 0.5) is 4.39 Å². The van der Waals surface area contributed by atoms with Crippen LogP contribution in [0, 0.1) is 18.2 Å². The largest absolute Gasteiger partial charge is 0.384 e. The molecule has 0 unspecified atom stereocenters. The molecule has 4 heteroatoms. The van der Waals surface area contributed by atoms with Crippen LogP contribution in [-0.2, 0) is 13.1 Å². The van der Waals surface area contributed by atoms with Gasteiger partial charge in [-0.15, -0.1) is 0 Å². The lowest BCUT2D eigenvalue weighted by Gasteiger charge is -2.18. The van der Waals surface area contributed by atoms with E-state index in [1.807, 2.05) is 11.9 Å². The summed E-state index contributed by atoms with van der Waals surface area (Å²) in [5, 5.41) is 7.38. The molecule has 2 aromatic rings. The lowest BCUT2D eigenvalue weighted by atomic mass is 10.1.